The number of pyridine rings is 3. The highest BCUT2D eigenvalue weighted by Gasteiger charge is 2.14. The molecule has 6 nitrogen and oxygen atoms in total. The Hall–Kier alpha value is -3.87. The molecule has 0 radical (unpaired) electrons. The molecule has 0 saturated heterocycles. The lowest BCUT2D eigenvalue weighted by Gasteiger charge is -2.15. The van der Waals surface area contributed by atoms with E-state index in [-0.39, 0.29) is 5.91 Å². The molecule has 1 amide bonds. The molecule has 0 unspecified atom stereocenters. The summed E-state index contributed by atoms with van der Waals surface area (Å²) in [5, 5.41) is 0.886. The van der Waals surface area contributed by atoms with Crippen molar-refractivity contribution in [2.45, 2.75) is 0 Å². The molecule has 0 aromatic carbocycles. The Morgan fingerprint density at radius 3 is 2.69 bits per heavy atom. The highest BCUT2D eigenvalue weighted by Crippen LogP contribution is 2.32. The summed E-state index contributed by atoms with van der Waals surface area (Å²) >= 11 is 0. The van der Waals surface area contributed by atoms with Gasteiger partial charge in [-0.3, -0.25) is 9.78 Å². The van der Waals surface area contributed by atoms with Crippen LogP contribution in [0.2, 0.25) is 0 Å². The predicted molar refractivity (Wildman–Crippen MR) is 111 cm³/mol. The van der Waals surface area contributed by atoms with Gasteiger partial charge < -0.3 is 9.47 Å². The summed E-state index contributed by atoms with van der Waals surface area (Å²) in [6.45, 7) is 3.51. The lowest BCUT2D eigenvalue weighted by Crippen LogP contribution is -2.23. The summed E-state index contributed by atoms with van der Waals surface area (Å²) in [7, 11) is 3.56. The molecule has 0 fully saturated rings. The quantitative estimate of drug-likeness (QED) is 0.392. The first-order chi connectivity index (χ1) is 14.0. The number of halogens is 1. The summed E-state index contributed by atoms with van der Waals surface area (Å²) in [6.07, 6.45) is 9.71. The van der Waals surface area contributed by atoms with E-state index in [1.165, 1.54) is 23.2 Å². The third-order valence-corrected chi connectivity index (χ3v) is 4.80. The summed E-state index contributed by atoms with van der Waals surface area (Å²) in [6, 6.07) is 7.03. The first-order valence-corrected chi connectivity index (χ1v) is 8.90. The number of fused-ring (bicyclic) bond motifs is 1. The SMILES string of the molecule is C=CC(=O)N(C)c1cncc(-c2cnc3c(c2)c(-c2ccnc(F)c2)cn3C)c1. The summed E-state index contributed by atoms with van der Waals surface area (Å²) < 4.78 is 15.5. The molecule has 7 heteroatoms. The molecule has 0 aliphatic carbocycles. The van der Waals surface area contributed by atoms with Gasteiger partial charge in [0, 0.05) is 67.0 Å². The van der Waals surface area contributed by atoms with E-state index < -0.39 is 5.95 Å². The molecule has 4 rings (SSSR count). The number of aryl methyl sites for hydroxylation is 1. The number of hydrogen-bond acceptors (Lipinski definition) is 4. The van der Waals surface area contributed by atoms with Crippen LogP contribution < -0.4 is 4.90 Å². The van der Waals surface area contributed by atoms with Crippen molar-refractivity contribution in [1.29, 1.82) is 0 Å². The molecule has 144 valence electrons. The third kappa shape index (κ3) is 3.38. The van der Waals surface area contributed by atoms with Gasteiger partial charge in [-0.2, -0.15) is 4.39 Å². The maximum atomic E-state index is 13.6. The molecule has 0 aliphatic heterocycles. The third-order valence-electron chi connectivity index (χ3n) is 4.80. The number of amides is 1. The van der Waals surface area contributed by atoms with Crippen LogP contribution in [0, 0.1) is 5.95 Å². The second-order valence-corrected chi connectivity index (χ2v) is 6.65. The fraction of sp³-hybridized carbons (Fsp3) is 0.0909. The Bertz CT molecular complexity index is 1250. The average molecular weight is 387 g/mol. The van der Waals surface area contributed by atoms with E-state index >= 15 is 0 Å². The van der Waals surface area contributed by atoms with E-state index in [0.29, 0.717) is 5.69 Å². The van der Waals surface area contributed by atoms with E-state index in [9.17, 15) is 9.18 Å². The van der Waals surface area contributed by atoms with Gasteiger partial charge in [-0.25, -0.2) is 9.97 Å². The molecule has 0 atom stereocenters. The largest absolute Gasteiger partial charge is 0.335 e. The number of hydrogen-bond donors (Lipinski definition) is 0. The maximum Gasteiger partial charge on any atom is 0.250 e. The van der Waals surface area contributed by atoms with E-state index in [2.05, 4.69) is 21.5 Å². The normalized spacial score (nSPS) is 10.9. The van der Waals surface area contributed by atoms with Crippen LogP contribution in [0.5, 0.6) is 0 Å². The van der Waals surface area contributed by atoms with Gasteiger partial charge in [0.2, 0.25) is 11.9 Å². The smallest absolute Gasteiger partial charge is 0.250 e. The van der Waals surface area contributed by atoms with Crippen molar-refractivity contribution in [3.63, 3.8) is 0 Å². The van der Waals surface area contributed by atoms with Crippen molar-refractivity contribution in [1.82, 2.24) is 19.5 Å². The molecule has 0 bridgehead atoms. The van der Waals surface area contributed by atoms with Gasteiger partial charge >= 0.3 is 0 Å². The minimum Gasteiger partial charge on any atom is -0.335 e. The van der Waals surface area contributed by atoms with Gasteiger partial charge in [-0.05, 0) is 29.8 Å². The first kappa shape index (κ1) is 18.5. The molecule has 0 aliphatic rings. The van der Waals surface area contributed by atoms with E-state index in [1.807, 2.05) is 29.9 Å². The van der Waals surface area contributed by atoms with Crippen LogP contribution >= 0.6 is 0 Å². The average Bonchev–Trinajstić information content (AvgIpc) is 3.08. The van der Waals surface area contributed by atoms with E-state index in [0.717, 1.165) is 33.3 Å². The summed E-state index contributed by atoms with van der Waals surface area (Å²) in [5.74, 6) is -0.752. The zero-order chi connectivity index (χ0) is 20.5. The monoisotopic (exact) mass is 387 g/mol. The molecular formula is C22H18FN5O. The van der Waals surface area contributed by atoms with Crippen molar-refractivity contribution in [3.05, 3.63) is 73.9 Å². The standard InChI is InChI=1S/C22H18FN5O/c1-4-21(29)28(3)17-7-15(10-24-12-17)16-8-18-19(13-27(2)22(18)26-11-16)14-5-6-25-20(23)9-14/h4-13H,1H2,2-3H3. The minimum atomic E-state index is -0.532. The number of likely N-dealkylation sites (N-methyl/N-ethyl adjacent to an activating group) is 1. The number of anilines is 1. The van der Waals surface area contributed by atoms with Crippen LogP contribution in [0.15, 0.2) is 67.9 Å². The van der Waals surface area contributed by atoms with Crippen LogP contribution in [0.1, 0.15) is 0 Å². The Kier molecular flexibility index (Phi) is 4.64. The van der Waals surface area contributed by atoms with Crippen LogP contribution in [-0.2, 0) is 11.8 Å². The van der Waals surface area contributed by atoms with Crippen molar-refractivity contribution < 1.29 is 9.18 Å². The van der Waals surface area contributed by atoms with Crippen LogP contribution in [0.25, 0.3) is 33.3 Å². The number of aromatic nitrogens is 4. The second kappa shape index (κ2) is 7.27. The second-order valence-electron chi connectivity index (χ2n) is 6.65. The number of rotatable bonds is 4. The maximum absolute atomic E-state index is 13.6. The fourth-order valence-electron chi connectivity index (χ4n) is 3.25. The Labute approximate surface area is 167 Å². The van der Waals surface area contributed by atoms with Crippen LogP contribution in [0.4, 0.5) is 10.1 Å². The first-order valence-electron chi connectivity index (χ1n) is 8.90. The lowest BCUT2D eigenvalue weighted by atomic mass is 10.0. The minimum absolute atomic E-state index is 0.220. The van der Waals surface area contributed by atoms with Gasteiger partial charge in [-0.15, -0.1) is 0 Å². The van der Waals surface area contributed by atoms with Crippen molar-refractivity contribution in [2.75, 3.05) is 11.9 Å². The van der Waals surface area contributed by atoms with Gasteiger partial charge in [0.15, 0.2) is 0 Å². The van der Waals surface area contributed by atoms with Crippen molar-refractivity contribution in [3.8, 4) is 22.3 Å². The molecule has 4 aromatic heterocycles. The van der Waals surface area contributed by atoms with Gasteiger partial charge in [0.05, 0.1) is 11.9 Å². The highest BCUT2D eigenvalue weighted by atomic mass is 19.1. The zero-order valence-corrected chi connectivity index (χ0v) is 16.0. The number of carbonyl (C=O) groups is 1. The predicted octanol–water partition coefficient (Wildman–Crippen LogP) is 3.99. The summed E-state index contributed by atoms with van der Waals surface area (Å²) in [4.78, 5) is 25.8. The topological polar surface area (TPSA) is 63.9 Å². The highest BCUT2D eigenvalue weighted by molar-refractivity contribution is 6.01. The fourth-order valence-corrected chi connectivity index (χ4v) is 3.25. The molecule has 0 spiro atoms. The Morgan fingerprint density at radius 1 is 1.14 bits per heavy atom. The van der Waals surface area contributed by atoms with Crippen molar-refractivity contribution >= 4 is 22.6 Å². The molecule has 0 N–H and O–H groups in total. The van der Waals surface area contributed by atoms with Gasteiger partial charge in [0.25, 0.3) is 0 Å². The van der Waals surface area contributed by atoms with E-state index in [1.54, 1.807) is 31.7 Å². The molecular weight excluding hydrogens is 369 g/mol. The van der Waals surface area contributed by atoms with Crippen molar-refractivity contribution in [2.24, 2.45) is 7.05 Å². The molecule has 0 saturated carbocycles. The molecule has 4 heterocycles. The summed E-state index contributed by atoms with van der Waals surface area (Å²) in [5.41, 5.74) is 4.68. The number of carbonyl (C=O) groups excluding carboxylic acids is 1. The Morgan fingerprint density at radius 2 is 1.93 bits per heavy atom. The van der Waals surface area contributed by atoms with E-state index in [4.69, 9.17) is 0 Å². The number of nitrogens with zero attached hydrogens (tertiary/aromatic N) is 5. The van der Waals surface area contributed by atoms with Crippen LogP contribution in [-0.4, -0.2) is 32.5 Å². The zero-order valence-electron chi connectivity index (χ0n) is 16.0. The molecule has 4 aromatic rings. The van der Waals surface area contributed by atoms with Gasteiger partial charge in [0.1, 0.15) is 5.65 Å². The van der Waals surface area contributed by atoms with Crippen LogP contribution in [0.3, 0.4) is 0 Å². The lowest BCUT2D eigenvalue weighted by molar-refractivity contribution is -0.113. The van der Waals surface area contributed by atoms with Gasteiger partial charge in [-0.1, -0.05) is 6.58 Å². The Balaban J connectivity index is 1.83. The molecule has 29 heavy (non-hydrogen) atoms.